The lowest BCUT2D eigenvalue weighted by Gasteiger charge is -2.21. The number of hydrogen-bond donors (Lipinski definition) is 2. The van der Waals surface area contributed by atoms with Gasteiger partial charge >= 0.3 is 0 Å². The number of hydrogen-bond acceptors (Lipinski definition) is 3. The molecule has 1 heterocycles. The summed E-state index contributed by atoms with van der Waals surface area (Å²) in [4.78, 5) is 12.2. The molecule has 1 atom stereocenters. The van der Waals surface area contributed by atoms with E-state index in [9.17, 15) is 4.79 Å². The van der Waals surface area contributed by atoms with Gasteiger partial charge in [0.15, 0.2) is 0 Å². The van der Waals surface area contributed by atoms with Gasteiger partial charge in [-0.15, -0.1) is 11.8 Å². The van der Waals surface area contributed by atoms with E-state index in [0.717, 1.165) is 18.6 Å². The van der Waals surface area contributed by atoms with Gasteiger partial charge in [0.05, 0.1) is 15.5 Å². The Morgan fingerprint density at radius 3 is 2.94 bits per heavy atom. The molecule has 0 aliphatic carbocycles. The van der Waals surface area contributed by atoms with Crippen molar-refractivity contribution in [1.29, 1.82) is 0 Å². The van der Waals surface area contributed by atoms with Crippen molar-refractivity contribution < 1.29 is 4.79 Å². The summed E-state index contributed by atoms with van der Waals surface area (Å²) < 4.78 is -0.329. The van der Waals surface area contributed by atoms with E-state index < -0.39 is 0 Å². The van der Waals surface area contributed by atoms with Crippen molar-refractivity contribution >= 4 is 40.6 Å². The quantitative estimate of drug-likeness (QED) is 0.812. The Labute approximate surface area is 110 Å². The minimum atomic E-state index is -0.329. The number of nitrogens with two attached hydrogens (primary N) is 1. The molecule has 0 bridgehead atoms. The molecule has 92 valence electrons. The fourth-order valence-corrected chi connectivity index (χ4v) is 3.29. The largest absolute Gasteiger partial charge is 0.399 e. The molecule has 3 nitrogen and oxygen atoms in total. The van der Waals surface area contributed by atoms with Gasteiger partial charge in [-0.3, -0.25) is 4.79 Å². The monoisotopic (exact) mass is 270 g/mol. The van der Waals surface area contributed by atoms with E-state index in [0.29, 0.717) is 16.4 Å². The van der Waals surface area contributed by atoms with E-state index in [4.69, 9.17) is 17.3 Å². The van der Waals surface area contributed by atoms with Gasteiger partial charge in [-0.1, -0.05) is 11.6 Å². The minimum absolute atomic E-state index is 0.0201. The lowest BCUT2D eigenvalue weighted by molar-refractivity contribution is -0.118. The molecule has 2 rings (SSSR count). The Bertz CT molecular complexity index is 444. The van der Waals surface area contributed by atoms with Crippen molar-refractivity contribution in [3.05, 3.63) is 23.2 Å². The number of carbonyl (C=O) groups is 1. The van der Waals surface area contributed by atoms with Crippen LogP contribution >= 0.6 is 23.4 Å². The Morgan fingerprint density at radius 1 is 1.59 bits per heavy atom. The summed E-state index contributed by atoms with van der Waals surface area (Å²) in [5.41, 5.74) is 6.82. The van der Waals surface area contributed by atoms with E-state index in [1.165, 1.54) is 0 Å². The predicted octanol–water partition coefficient (Wildman–Crippen LogP) is 3.15. The molecule has 1 unspecified atom stereocenters. The number of benzene rings is 1. The molecule has 1 aliphatic rings. The Hall–Kier alpha value is -0.870. The van der Waals surface area contributed by atoms with E-state index in [-0.39, 0.29) is 10.7 Å². The molecular weight excluding hydrogens is 256 g/mol. The minimum Gasteiger partial charge on any atom is -0.399 e. The van der Waals surface area contributed by atoms with Crippen molar-refractivity contribution in [2.45, 2.75) is 24.5 Å². The van der Waals surface area contributed by atoms with Crippen LogP contribution in [0.25, 0.3) is 0 Å². The molecule has 1 amide bonds. The van der Waals surface area contributed by atoms with Crippen molar-refractivity contribution in [3.63, 3.8) is 0 Å². The average Bonchev–Trinajstić information content (AvgIpc) is 2.71. The molecule has 17 heavy (non-hydrogen) atoms. The molecular formula is C12H15ClN2OS. The number of halogens is 1. The van der Waals surface area contributed by atoms with Crippen LogP contribution in [0.3, 0.4) is 0 Å². The summed E-state index contributed by atoms with van der Waals surface area (Å²) in [7, 11) is 0. The van der Waals surface area contributed by atoms with Gasteiger partial charge in [-0.05, 0) is 43.7 Å². The lowest BCUT2D eigenvalue weighted by Crippen LogP contribution is -2.34. The molecule has 1 saturated heterocycles. The SMILES string of the molecule is CC1(C(=O)Nc2ccc(N)cc2Cl)CCCS1. The van der Waals surface area contributed by atoms with Gasteiger partial charge < -0.3 is 11.1 Å². The lowest BCUT2D eigenvalue weighted by atomic mass is 10.0. The van der Waals surface area contributed by atoms with Gasteiger partial charge in [0.25, 0.3) is 0 Å². The zero-order valence-corrected chi connectivity index (χ0v) is 11.2. The maximum Gasteiger partial charge on any atom is 0.240 e. The molecule has 0 aromatic heterocycles. The Balaban J connectivity index is 2.13. The second-order valence-corrected chi connectivity index (χ2v) is 6.38. The maximum absolute atomic E-state index is 12.2. The highest BCUT2D eigenvalue weighted by Crippen LogP contribution is 2.39. The van der Waals surface area contributed by atoms with Crippen LogP contribution in [0.15, 0.2) is 18.2 Å². The normalized spacial score (nSPS) is 23.6. The van der Waals surface area contributed by atoms with Gasteiger partial charge in [-0.2, -0.15) is 0 Å². The highest BCUT2D eigenvalue weighted by molar-refractivity contribution is 8.01. The van der Waals surface area contributed by atoms with Crippen LogP contribution in [0.5, 0.6) is 0 Å². The number of amides is 1. The first-order valence-electron chi connectivity index (χ1n) is 5.52. The van der Waals surface area contributed by atoms with Crippen molar-refractivity contribution in [1.82, 2.24) is 0 Å². The van der Waals surface area contributed by atoms with E-state index in [2.05, 4.69) is 5.32 Å². The predicted molar refractivity (Wildman–Crippen MR) is 74.6 cm³/mol. The summed E-state index contributed by atoms with van der Waals surface area (Å²) in [5.74, 6) is 1.06. The summed E-state index contributed by atoms with van der Waals surface area (Å²) in [6.07, 6.45) is 2.00. The summed E-state index contributed by atoms with van der Waals surface area (Å²) in [6.45, 7) is 1.98. The molecule has 1 aliphatic heterocycles. The van der Waals surface area contributed by atoms with Crippen LogP contribution in [0.1, 0.15) is 19.8 Å². The van der Waals surface area contributed by atoms with Gasteiger partial charge in [0.2, 0.25) is 5.91 Å². The first-order chi connectivity index (χ1) is 8.01. The molecule has 3 N–H and O–H groups in total. The van der Waals surface area contributed by atoms with Crippen LogP contribution in [-0.2, 0) is 4.79 Å². The number of rotatable bonds is 2. The highest BCUT2D eigenvalue weighted by Gasteiger charge is 2.37. The number of nitrogen functional groups attached to an aromatic ring is 1. The molecule has 0 saturated carbocycles. The van der Waals surface area contributed by atoms with Crippen LogP contribution in [0, 0.1) is 0 Å². The zero-order chi connectivity index (χ0) is 12.5. The van der Waals surface area contributed by atoms with E-state index >= 15 is 0 Å². The first-order valence-corrected chi connectivity index (χ1v) is 6.88. The number of anilines is 2. The maximum atomic E-state index is 12.2. The van der Waals surface area contributed by atoms with E-state index in [1.54, 1.807) is 30.0 Å². The average molecular weight is 271 g/mol. The molecule has 0 radical (unpaired) electrons. The second kappa shape index (κ2) is 4.78. The van der Waals surface area contributed by atoms with Crippen LogP contribution in [0.4, 0.5) is 11.4 Å². The van der Waals surface area contributed by atoms with Crippen molar-refractivity contribution in [2.24, 2.45) is 0 Å². The number of nitrogens with one attached hydrogen (secondary N) is 1. The van der Waals surface area contributed by atoms with Crippen molar-refractivity contribution in [3.8, 4) is 0 Å². The smallest absolute Gasteiger partial charge is 0.240 e. The molecule has 1 aromatic carbocycles. The van der Waals surface area contributed by atoms with Crippen molar-refractivity contribution in [2.75, 3.05) is 16.8 Å². The third kappa shape index (κ3) is 2.69. The summed E-state index contributed by atoms with van der Waals surface area (Å²) >= 11 is 7.73. The fraction of sp³-hybridized carbons (Fsp3) is 0.417. The van der Waals surface area contributed by atoms with Gasteiger partial charge in [0, 0.05) is 5.69 Å². The number of carbonyl (C=O) groups excluding carboxylic acids is 1. The summed E-state index contributed by atoms with van der Waals surface area (Å²) in [5, 5.41) is 3.35. The molecule has 1 fully saturated rings. The van der Waals surface area contributed by atoms with Crippen LogP contribution < -0.4 is 11.1 Å². The molecule has 0 spiro atoms. The Morgan fingerprint density at radius 2 is 2.35 bits per heavy atom. The third-order valence-corrected chi connectivity index (χ3v) is 4.77. The fourth-order valence-electron chi connectivity index (χ4n) is 1.85. The van der Waals surface area contributed by atoms with Gasteiger partial charge in [-0.25, -0.2) is 0 Å². The summed E-state index contributed by atoms with van der Waals surface area (Å²) in [6, 6.07) is 5.10. The van der Waals surface area contributed by atoms with Crippen LogP contribution in [-0.4, -0.2) is 16.4 Å². The zero-order valence-electron chi connectivity index (χ0n) is 9.63. The molecule has 1 aromatic rings. The standard InChI is InChI=1S/C12H15ClN2OS/c1-12(5-2-6-17-12)11(16)15-10-4-3-8(14)7-9(10)13/h3-4,7H,2,5-6,14H2,1H3,(H,15,16). The Kier molecular flexibility index (Phi) is 3.54. The topological polar surface area (TPSA) is 55.1 Å². The third-order valence-electron chi connectivity index (χ3n) is 2.94. The first kappa shape index (κ1) is 12.6. The number of thioether (sulfide) groups is 1. The molecule has 5 heteroatoms. The van der Waals surface area contributed by atoms with E-state index in [1.807, 2.05) is 6.92 Å². The van der Waals surface area contributed by atoms with Gasteiger partial charge in [0.1, 0.15) is 0 Å². The van der Waals surface area contributed by atoms with Crippen LogP contribution in [0.2, 0.25) is 5.02 Å². The highest BCUT2D eigenvalue weighted by atomic mass is 35.5. The second-order valence-electron chi connectivity index (χ2n) is 4.38.